The van der Waals surface area contributed by atoms with Crippen molar-refractivity contribution in [2.45, 2.75) is 74.5 Å². The number of aldehydes is 1. The van der Waals surface area contributed by atoms with Crippen molar-refractivity contribution in [3.05, 3.63) is 139 Å². The van der Waals surface area contributed by atoms with Crippen LogP contribution in [0, 0.1) is 11.6 Å². The lowest BCUT2D eigenvalue weighted by atomic mass is 10.1. The van der Waals surface area contributed by atoms with Crippen molar-refractivity contribution in [3.63, 3.8) is 0 Å². The predicted octanol–water partition coefficient (Wildman–Crippen LogP) is 6.08. The van der Waals surface area contributed by atoms with E-state index in [0.29, 0.717) is 59.6 Å². The standard InChI is InChI=1S/C26H31Cl2FN4O4S.C17H21Cl2N3O5S.C9H10FN/c1-38(36,37)33-13-11-32(12-14-33)26(35)23(31-25(34)18-6-9-21(27)22(28)15-18)3-2-10-30-24-16-20(24)17-4-7-19(29)8-5-17;1-28(26,27)22-8-6-21(7-9-22)17(25)15(3-2-10-23)20-16(24)12-4-5-13(18)14(19)11-12;10-7-3-1-6(2-4-7)8-5-9(8)11/h4-9,15,20,23-24,30H,2-3,10-14,16H2,1H3,(H,31,34);4-5,10-11,15H,2-3,6-9H2,1H3,(H,20,24);1-4,8-9H,5,11H2/t20-,23-,24+;15-;8-,9+/m000/s1. The molecule has 2 saturated heterocycles. The molecule has 4 amide bonds. The van der Waals surface area contributed by atoms with Crippen LogP contribution < -0.4 is 21.7 Å². The number of hydrogen-bond acceptors (Lipinski definition) is 11. The van der Waals surface area contributed by atoms with Crippen LogP contribution in [0.5, 0.6) is 0 Å². The Bertz CT molecular complexity index is 2950. The summed E-state index contributed by atoms with van der Waals surface area (Å²) in [6.07, 6.45) is 6.23. The Kier molecular flexibility index (Phi) is 22.2. The number of nitrogens with one attached hydrogen (secondary N) is 3. The summed E-state index contributed by atoms with van der Waals surface area (Å²) in [6.45, 7) is 2.39. The normalized spacial score (nSPS) is 20.3. The average Bonchev–Trinajstić information content (AvgIpc) is 4.34. The second-order valence-corrected chi connectivity index (χ2v) is 24.8. The maximum absolute atomic E-state index is 13.4. The first kappa shape index (κ1) is 61.4. The summed E-state index contributed by atoms with van der Waals surface area (Å²) < 4.78 is 75.1. The van der Waals surface area contributed by atoms with E-state index in [-0.39, 0.29) is 110 Å². The Hall–Kier alpha value is -4.81. The highest BCUT2D eigenvalue weighted by Crippen LogP contribution is 2.41. The van der Waals surface area contributed by atoms with Gasteiger partial charge in [0.15, 0.2) is 0 Å². The molecule has 6 atom stereocenters. The Morgan fingerprint density at radius 2 is 1.01 bits per heavy atom. The van der Waals surface area contributed by atoms with Gasteiger partial charge in [-0.2, -0.15) is 8.61 Å². The zero-order valence-electron chi connectivity index (χ0n) is 42.4. The molecule has 5 N–H and O–H groups in total. The molecule has 2 saturated carbocycles. The third kappa shape index (κ3) is 18.4. The Labute approximate surface area is 468 Å². The van der Waals surface area contributed by atoms with Gasteiger partial charge in [-0.25, -0.2) is 25.6 Å². The van der Waals surface area contributed by atoms with Crippen LogP contribution in [0.1, 0.15) is 82.2 Å². The van der Waals surface area contributed by atoms with Gasteiger partial charge in [-0.05, 0) is 110 Å². The van der Waals surface area contributed by atoms with Crippen molar-refractivity contribution in [2.24, 2.45) is 5.73 Å². The molecule has 4 fully saturated rings. The van der Waals surface area contributed by atoms with Gasteiger partial charge in [-0.15, -0.1) is 0 Å². The lowest BCUT2D eigenvalue weighted by Gasteiger charge is -2.35. The Morgan fingerprint density at radius 3 is 1.39 bits per heavy atom. The van der Waals surface area contributed by atoms with Crippen LogP contribution in [0.2, 0.25) is 20.1 Å². The first-order valence-electron chi connectivity index (χ1n) is 24.9. The highest BCUT2D eigenvalue weighted by Gasteiger charge is 2.38. The summed E-state index contributed by atoms with van der Waals surface area (Å²) in [6, 6.07) is 20.9. The van der Waals surface area contributed by atoms with Gasteiger partial charge in [0.05, 0.1) is 32.6 Å². The van der Waals surface area contributed by atoms with Crippen LogP contribution in [0.4, 0.5) is 8.78 Å². The van der Waals surface area contributed by atoms with E-state index in [4.69, 9.17) is 52.1 Å². The number of carbonyl (C=O) groups excluding carboxylic acids is 5. The molecule has 2 aliphatic heterocycles. The molecule has 0 bridgehead atoms. The van der Waals surface area contributed by atoms with E-state index in [1.807, 2.05) is 12.1 Å². The van der Waals surface area contributed by atoms with Gasteiger partial charge >= 0.3 is 0 Å². The Balaban J connectivity index is 0.000000214. The number of carbonyl (C=O) groups is 5. The summed E-state index contributed by atoms with van der Waals surface area (Å²) in [4.78, 5) is 65.5. The molecule has 4 aromatic carbocycles. The van der Waals surface area contributed by atoms with Crippen molar-refractivity contribution >= 4 is 96.4 Å². The minimum Gasteiger partial charge on any atom is -0.340 e. The zero-order chi connectivity index (χ0) is 56.2. The van der Waals surface area contributed by atoms with Crippen molar-refractivity contribution in [1.29, 1.82) is 0 Å². The molecule has 17 nitrogen and oxygen atoms in total. The van der Waals surface area contributed by atoms with Gasteiger partial charge in [-0.3, -0.25) is 19.2 Å². The topological polar surface area (TPSA) is 229 Å². The number of halogens is 6. The Morgan fingerprint density at radius 1 is 0.610 bits per heavy atom. The third-order valence-corrected chi connectivity index (χ3v) is 17.6. The summed E-state index contributed by atoms with van der Waals surface area (Å²) in [5, 5.41) is 10.0. The minimum absolute atomic E-state index is 0.0986. The molecule has 4 aliphatic rings. The fraction of sp³-hybridized carbons (Fsp3) is 0.442. The second-order valence-electron chi connectivity index (χ2n) is 19.2. The van der Waals surface area contributed by atoms with Crippen molar-refractivity contribution in [1.82, 2.24) is 34.4 Å². The number of piperazine rings is 2. The van der Waals surface area contributed by atoms with E-state index in [0.717, 1.165) is 30.9 Å². The van der Waals surface area contributed by atoms with Crippen molar-refractivity contribution in [3.8, 4) is 0 Å². The molecule has 2 heterocycles. The lowest BCUT2D eigenvalue weighted by molar-refractivity contribution is -0.135. The van der Waals surface area contributed by atoms with Crippen LogP contribution in [0.15, 0.2) is 84.9 Å². The number of nitrogens with two attached hydrogens (primary N) is 1. The van der Waals surface area contributed by atoms with Crippen molar-refractivity contribution < 1.29 is 49.6 Å². The molecule has 77 heavy (non-hydrogen) atoms. The number of nitrogens with zero attached hydrogens (tertiary/aromatic N) is 4. The first-order valence-corrected chi connectivity index (χ1v) is 30.1. The summed E-state index contributed by atoms with van der Waals surface area (Å²) in [5.74, 6) is -1.17. The van der Waals surface area contributed by atoms with E-state index in [1.54, 1.807) is 23.1 Å². The molecule has 418 valence electrons. The van der Waals surface area contributed by atoms with Gasteiger partial charge in [0.25, 0.3) is 11.8 Å². The van der Waals surface area contributed by atoms with Crippen LogP contribution in [-0.4, -0.2) is 161 Å². The second kappa shape index (κ2) is 27.9. The molecule has 4 aromatic rings. The fourth-order valence-corrected chi connectivity index (χ4v) is 11.1. The molecule has 0 radical (unpaired) electrons. The summed E-state index contributed by atoms with van der Waals surface area (Å²) in [7, 11) is -6.65. The number of amides is 4. The SMILES string of the molecule is CS(=O)(=O)N1CCN(C(=O)[C@H](CCC=O)NC(=O)c2ccc(Cl)c(Cl)c2)CC1.CS(=O)(=O)N1CCN(C(=O)[C@H](CCCN[C@@H]2C[C@H]2c2ccc(F)cc2)NC(=O)c2ccc(Cl)c(Cl)c2)CC1.N[C@@H]1C[C@H]1c1ccc(F)cc1. The molecule has 25 heteroatoms. The van der Waals surface area contributed by atoms with E-state index in [1.165, 1.54) is 73.7 Å². The molecular weight excluding hydrogens is 1120 g/mol. The lowest BCUT2D eigenvalue weighted by Crippen LogP contribution is -2.55. The van der Waals surface area contributed by atoms with Gasteiger partial charge in [0.1, 0.15) is 30.0 Å². The largest absolute Gasteiger partial charge is 0.340 e. The van der Waals surface area contributed by atoms with Gasteiger partial charge < -0.3 is 36.3 Å². The highest BCUT2D eigenvalue weighted by atomic mass is 35.5. The number of benzene rings is 4. The van der Waals surface area contributed by atoms with E-state index < -0.39 is 43.9 Å². The molecule has 0 spiro atoms. The number of sulfonamides is 2. The molecule has 0 unspecified atom stereocenters. The van der Waals surface area contributed by atoms with E-state index in [2.05, 4.69) is 16.0 Å². The van der Waals surface area contributed by atoms with Gasteiger partial charge in [0, 0.05) is 93.8 Å². The first-order chi connectivity index (χ1) is 36.4. The molecule has 2 aliphatic carbocycles. The smallest absolute Gasteiger partial charge is 0.251 e. The van der Waals surface area contributed by atoms with Gasteiger partial charge in [0.2, 0.25) is 31.9 Å². The summed E-state index contributed by atoms with van der Waals surface area (Å²) in [5.41, 5.74) is 8.43. The van der Waals surface area contributed by atoms with Crippen LogP contribution in [0.3, 0.4) is 0 Å². The number of hydrogen-bond donors (Lipinski definition) is 4. The average molecular weight is 1190 g/mol. The van der Waals surface area contributed by atoms with E-state index >= 15 is 0 Å². The van der Waals surface area contributed by atoms with Crippen LogP contribution in [-0.2, 0) is 34.4 Å². The fourth-order valence-electron chi connectivity index (χ4n) is 8.83. The maximum Gasteiger partial charge on any atom is 0.251 e. The monoisotopic (exact) mass is 1180 g/mol. The van der Waals surface area contributed by atoms with Crippen molar-refractivity contribution in [2.75, 3.05) is 71.4 Å². The molecular formula is C52H62Cl4F2N8O9S2. The molecule has 0 aromatic heterocycles. The third-order valence-electron chi connectivity index (χ3n) is 13.5. The van der Waals surface area contributed by atoms with Crippen LogP contribution in [0.25, 0.3) is 0 Å². The van der Waals surface area contributed by atoms with E-state index in [9.17, 15) is 49.6 Å². The minimum atomic E-state index is -3.33. The van der Waals surface area contributed by atoms with Gasteiger partial charge in [-0.1, -0.05) is 70.7 Å². The predicted molar refractivity (Wildman–Crippen MR) is 293 cm³/mol. The van der Waals surface area contributed by atoms with Crippen LogP contribution >= 0.6 is 46.4 Å². The highest BCUT2D eigenvalue weighted by molar-refractivity contribution is 7.88. The zero-order valence-corrected chi connectivity index (χ0v) is 47.0. The molecule has 8 rings (SSSR count). The quantitative estimate of drug-likeness (QED) is 0.0660. The summed E-state index contributed by atoms with van der Waals surface area (Å²) >= 11 is 23.8. The maximum atomic E-state index is 13.4. The number of rotatable bonds is 18.